The van der Waals surface area contributed by atoms with Gasteiger partial charge in [-0.15, -0.1) is 0 Å². The van der Waals surface area contributed by atoms with Crippen molar-refractivity contribution in [2.75, 3.05) is 5.32 Å². The van der Waals surface area contributed by atoms with Crippen molar-refractivity contribution in [3.8, 4) is 16.9 Å². The molecule has 2 aromatic carbocycles. The highest BCUT2D eigenvalue weighted by Gasteiger charge is 2.15. The van der Waals surface area contributed by atoms with E-state index < -0.39 is 5.91 Å². The van der Waals surface area contributed by atoms with Gasteiger partial charge in [0.1, 0.15) is 19.0 Å². The van der Waals surface area contributed by atoms with E-state index in [1.165, 1.54) is 0 Å². The lowest BCUT2D eigenvalue weighted by Crippen LogP contribution is -2.15. The number of nitrogens with one attached hydrogen (secondary N) is 1. The Morgan fingerprint density at radius 3 is 2.81 bits per heavy atom. The fourth-order valence-corrected chi connectivity index (χ4v) is 3.72. The first-order valence-electron chi connectivity index (χ1n) is 10.1. The number of nitrogens with two attached hydrogens (primary N) is 1. The fourth-order valence-electron chi connectivity index (χ4n) is 3.72. The average Bonchev–Trinajstić information content (AvgIpc) is 2.82. The van der Waals surface area contributed by atoms with Gasteiger partial charge in [-0.3, -0.25) is 14.8 Å². The van der Waals surface area contributed by atoms with Crippen LogP contribution in [0, 0.1) is 0 Å². The van der Waals surface area contributed by atoms with Crippen LogP contribution in [0.2, 0.25) is 0 Å². The first kappa shape index (κ1) is 19.6. The van der Waals surface area contributed by atoms with Gasteiger partial charge in [0.15, 0.2) is 5.88 Å². The van der Waals surface area contributed by atoms with Gasteiger partial charge in [0, 0.05) is 29.0 Å². The van der Waals surface area contributed by atoms with E-state index in [4.69, 9.17) is 15.2 Å². The molecular formula is C25H20N4O3. The van der Waals surface area contributed by atoms with Gasteiger partial charge in [0.2, 0.25) is 0 Å². The third-order valence-electron chi connectivity index (χ3n) is 5.32. The van der Waals surface area contributed by atoms with E-state index in [0.717, 1.165) is 33.3 Å². The van der Waals surface area contributed by atoms with Crippen LogP contribution in [0.3, 0.4) is 0 Å². The van der Waals surface area contributed by atoms with Crippen LogP contribution >= 0.6 is 0 Å². The minimum atomic E-state index is -0.537. The van der Waals surface area contributed by atoms with E-state index in [9.17, 15) is 4.79 Å². The maximum absolute atomic E-state index is 11.7. The lowest BCUT2D eigenvalue weighted by Gasteiger charge is -2.21. The molecule has 1 aliphatic heterocycles. The number of pyridine rings is 2. The second-order valence-corrected chi connectivity index (χ2v) is 7.40. The lowest BCUT2D eigenvalue weighted by molar-refractivity contribution is 0.0997. The number of nitrogens with zero attached hydrogens (tertiary/aromatic N) is 2. The maximum Gasteiger partial charge on any atom is 0.250 e. The van der Waals surface area contributed by atoms with Crippen molar-refractivity contribution in [2.45, 2.75) is 13.2 Å². The molecule has 0 spiro atoms. The number of carbonyl (C=O) groups is 1. The zero-order valence-electron chi connectivity index (χ0n) is 17.2. The topological polar surface area (TPSA) is 99.4 Å². The minimum Gasteiger partial charge on any atom is -0.487 e. The Kier molecular flexibility index (Phi) is 4.91. The van der Waals surface area contributed by atoms with Crippen LogP contribution in [0.15, 0.2) is 79.5 Å². The van der Waals surface area contributed by atoms with Crippen LogP contribution in [-0.2, 0) is 18.0 Å². The molecule has 7 heteroatoms. The number of primary amides is 1. The summed E-state index contributed by atoms with van der Waals surface area (Å²) in [6, 6.07) is 17.2. The highest BCUT2D eigenvalue weighted by Crippen LogP contribution is 2.35. The van der Waals surface area contributed by atoms with Crippen molar-refractivity contribution >= 4 is 22.5 Å². The van der Waals surface area contributed by atoms with Crippen LogP contribution in [0.1, 0.15) is 21.6 Å². The molecule has 0 fully saturated rings. The van der Waals surface area contributed by atoms with Crippen LogP contribution in [-0.4, -0.2) is 15.9 Å². The molecule has 158 valence electrons. The molecule has 0 atom stereocenters. The van der Waals surface area contributed by atoms with Crippen LogP contribution < -0.4 is 15.8 Å². The summed E-state index contributed by atoms with van der Waals surface area (Å²) in [7, 11) is 0. The van der Waals surface area contributed by atoms with Crippen molar-refractivity contribution in [3.63, 3.8) is 0 Å². The number of hydrogen-bond donors (Lipinski definition) is 2. The van der Waals surface area contributed by atoms with Crippen molar-refractivity contribution in [1.29, 1.82) is 0 Å². The van der Waals surface area contributed by atoms with E-state index in [-0.39, 0.29) is 6.61 Å². The number of aromatic nitrogens is 2. The molecule has 3 N–H and O–H groups in total. The Hall–Kier alpha value is -4.39. The molecule has 2 aromatic heterocycles. The first-order valence-corrected chi connectivity index (χ1v) is 10.1. The molecule has 3 heterocycles. The number of carbonyl (C=O) groups excluding carboxylic acids is 1. The monoisotopic (exact) mass is 424 g/mol. The van der Waals surface area contributed by atoms with Gasteiger partial charge in [-0.2, -0.15) is 0 Å². The number of amides is 1. The van der Waals surface area contributed by atoms with Gasteiger partial charge in [0.25, 0.3) is 5.91 Å². The van der Waals surface area contributed by atoms with Gasteiger partial charge in [-0.25, -0.2) is 0 Å². The number of benzene rings is 2. The van der Waals surface area contributed by atoms with E-state index >= 15 is 0 Å². The summed E-state index contributed by atoms with van der Waals surface area (Å²) < 4.78 is 11.6. The van der Waals surface area contributed by atoms with Crippen LogP contribution in [0.5, 0.6) is 5.75 Å². The van der Waals surface area contributed by atoms with Gasteiger partial charge < -0.3 is 20.5 Å². The molecule has 0 saturated heterocycles. The van der Waals surface area contributed by atoms with Gasteiger partial charge >= 0.3 is 0 Å². The zero-order valence-corrected chi connectivity index (χ0v) is 17.2. The molecule has 1 amide bonds. The highest BCUT2D eigenvalue weighted by molar-refractivity contribution is 5.94. The van der Waals surface area contributed by atoms with Gasteiger partial charge in [-0.1, -0.05) is 6.07 Å². The van der Waals surface area contributed by atoms with Crippen molar-refractivity contribution in [3.05, 3.63) is 96.3 Å². The standard InChI is InChI=1S/C25H20N4O3/c1-15-29-21-7-6-16(10-18(21)13-31-15)17-11-22-19(4-2-8-27-22)24(12-17)32-14-23-20(25(26)30)5-3-9-28-23/h2-12,29H,1,13-14H2,(H2,26,30). The van der Waals surface area contributed by atoms with Gasteiger partial charge in [-0.05, 0) is 66.2 Å². The molecule has 5 rings (SSSR count). The largest absolute Gasteiger partial charge is 0.487 e. The third-order valence-corrected chi connectivity index (χ3v) is 5.32. The van der Waals surface area contributed by atoms with E-state index in [2.05, 4.69) is 27.9 Å². The molecular weight excluding hydrogens is 404 g/mol. The van der Waals surface area contributed by atoms with E-state index in [0.29, 0.717) is 29.5 Å². The van der Waals surface area contributed by atoms with E-state index in [1.807, 2.05) is 36.4 Å². The Balaban J connectivity index is 1.53. The average molecular weight is 424 g/mol. The Morgan fingerprint density at radius 2 is 1.94 bits per heavy atom. The molecule has 0 aliphatic carbocycles. The normalized spacial score (nSPS) is 12.6. The summed E-state index contributed by atoms with van der Waals surface area (Å²) in [6.45, 7) is 4.38. The zero-order chi connectivity index (χ0) is 22.1. The van der Waals surface area contributed by atoms with E-state index in [1.54, 1.807) is 24.5 Å². The maximum atomic E-state index is 11.7. The first-order chi connectivity index (χ1) is 15.6. The summed E-state index contributed by atoms with van der Waals surface area (Å²) in [6.07, 6.45) is 3.36. The van der Waals surface area contributed by atoms with Crippen molar-refractivity contribution < 1.29 is 14.3 Å². The molecule has 0 radical (unpaired) electrons. The molecule has 0 saturated carbocycles. The molecule has 4 aromatic rings. The quantitative estimate of drug-likeness (QED) is 0.493. The Bertz CT molecular complexity index is 1370. The van der Waals surface area contributed by atoms with Crippen molar-refractivity contribution in [2.24, 2.45) is 5.73 Å². The minimum absolute atomic E-state index is 0.108. The van der Waals surface area contributed by atoms with Crippen LogP contribution in [0.4, 0.5) is 5.69 Å². The Morgan fingerprint density at radius 1 is 1.09 bits per heavy atom. The smallest absolute Gasteiger partial charge is 0.250 e. The number of anilines is 1. The predicted octanol–water partition coefficient (Wildman–Crippen LogP) is 4.39. The van der Waals surface area contributed by atoms with Crippen molar-refractivity contribution in [1.82, 2.24) is 9.97 Å². The van der Waals surface area contributed by atoms with Crippen LogP contribution in [0.25, 0.3) is 22.0 Å². The highest BCUT2D eigenvalue weighted by atomic mass is 16.5. The predicted molar refractivity (Wildman–Crippen MR) is 122 cm³/mol. The molecule has 0 bridgehead atoms. The second-order valence-electron chi connectivity index (χ2n) is 7.40. The number of hydrogen-bond acceptors (Lipinski definition) is 6. The second kappa shape index (κ2) is 8.03. The summed E-state index contributed by atoms with van der Waals surface area (Å²) in [5.74, 6) is 0.650. The molecule has 32 heavy (non-hydrogen) atoms. The molecule has 1 aliphatic rings. The fraction of sp³-hybridized carbons (Fsp3) is 0.0800. The molecule has 0 unspecified atom stereocenters. The third kappa shape index (κ3) is 3.72. The summed E-state index contributed by atoms with van der Waals surface area (Å²) in [5, 5.41) is 4.00. The lowest BCUT2D eigenvalue weighted by atomic mass is 9.99. The number of rotatable bonds is 5. The summed E-state index contributed by atoms with van der Waals surface area (Å²) in [5.41, 5.74) is 11.1. The number of ether oxygens (including phenoxy) is 2. The van der Waals surface area contributed by atoms with Gasteiger partial charge in [0.05, 0.1) is 16.8 Å². The number of fused-ring (bicyclic) bond motifs is 2. The SMILES string of the molecule is C=C1Nc2ccc(-c3cc(OCc4ncccc4C(N)=O)c4cccnc4c3)cc2CO1. The summed E-state index contributed by atoms with van der Waals surface area (Å²) >= 11 is 0. The Labute approximate surface area is 184 Å². The summed E-state index contributed by atoms with van der Waals surface area (Å²) in [4.78, 5) is 20.5. The molecule has 7 nitrogen and oxygen atoms in total.